The fourth-order valence-electron chi connectivity index (χ4n) is 4.04. The fraction of sp³-hybridized carbons (Fsp3) is 0.192. The molecule has 2 aromatic heterocycles. The van der Waals surface area contributed by atoms with Gasteiger partial charge in [-0.2, -0.15) is 0 Å². The quantitative estimate of drug-likeness (QED) is 0.361. The molecular weight excluding hydrogens is 452 g/mol. The number of carbonyl (C=O) groups is 2. The molecule has 0 aliphatic carbocycles. The summed E-state index contributed by atoms with van der Waals surface area (Å²) in [6.45, 7) is 6.12. The molecule has 0 unspecified atom stereocenters. The van der Waals surface area contributed by atoms with Crippen LogP contribution in [0.25, 0.3) is 10.2 Å². The van der Waals surface area contributed by atoms with Gasteiger partial charge in [0, 0.05) is 0 Å². The third kappa shape index (κ3) is 3.66. The number of aryl methyl sites for hydroxylation is 2. The smallest absolute Gasteiger partial charge is 0.296 e. The van der Waals surface area contributed by atoms with E-state index in [4.69, 9.17) is 9.15 Å². The van der Waals surface area contributed by atoms with E-state index in [0.29, 0.717) is 34.3 Å². The summed E-state index contributed by atoms with van der Waals surface area (Å²) >= 11 is 1.30. The molecule has 1 N–H and O–H groups in total. The maximum Gasteiger partial charge on any atom is 0.296 e. The number of nitrogens with zero attached hydrogens (tertiary/aromatic N) is 2. The van der Waals surface area contributed by atoms with Gasteiger partial charge in [-0.05, 0) is 56.7 Å². The molecule has 34 heavy (non-hydrogen) atoms. The highest BCUT2D eigenvalue weighted by molar-refractivity contribution is 7.22. The minimum absolute atomic E-state index is 0.0301. The number of aromatic nitrogens is 1. The minimum Gasteiger partial charge on any atom is -0.503 e. The predicted octanol–water partition coefficient (Wildman–Crippen LogP) is 5.69. The first-order chi connectivity index (χ1) is 16.4. The molecule has 4 aromatic rings. The molecule has 0 saturated carbocycles. The average Bonchev–Trinajstić information content (AvgIpc) is 3.50. The zero-order valence-electron chi connectivity index (χ0n) is 18.9. The number of carbonyl (C=O) groups excluding carboxylic acids is 2. The number of aliphatic hydroxyl groups is 1. The molecule has 1 amide bonds. The predicted molar refractivity (Wildman–Crippen MR) is 130 cm³/mol. The van der Waals surface area contributed by atoms with Crippen LogP contribution >= 0.6 is 11.3 Å². The number of anilines is 1. The second-order valence-corrected chi connectivity index (χ2v) is 9.06. The molecule has 0 radical (unpaired) electrons. The molecule has 2 aromatic carbocycles. The highest BCUT2D eigenvalue weighted by atomic mass is 32.1. The molecule has 5 rings (SSSR count). The van der Waals surface area contributed by atoms with Crippen molar-refractivity contribution >= 4 is 38.4 Å². The zero-order chi connectivity index (χ0) is 24.0. The molecule has 1 atom stereocenters. The largest absolute Gasteiger partial charge is 0.503 e. The zero-order valence-corrected chi connectivity index (χ0v) is 19.7. The summed E-state index contributed by atoms with van der Waals surface area (Å²) in [5.41, 5.74) is 2.38. The van der Waals surface area contributed by atoms with E-state index in [1.165, 1.54) is 16.2 Å². The van der Waals surface area contributed by atoms with Crippen LogP contribution in [0.1, 0.15) is 40.4 Å². The molecule has 0 bridgehead atoms. The van der Waals surface area contributed by atoms with Crippen LogP contribution < -0.4 is 9.64 Å². The van der Waals surface area contributed by atoms with Crippen LogP contribution in [0.5, 0.6) is 5.75 Å². The summed E-state index contributed by atoms with van der Waals surface area (Å²) in [5.74, 6) is -0.478. The SMILES string of the molecule is CCOc1ccc2nc(N3C(=O)C(O)=C(C(=O)c4ccc(C)o4)[C@@H]3c3ccc(C)cc3)sc2c1. The van der Waals surface area contributed by atoms with E-state index in [1.54, 1.807) is 19.1 Å². The first-order valence-corrected chi connectivity index (χ1v) is 11.7. The first kappa shape index (κ1) is 21.9. The number of ether oxygens (including phenoxy) is 1. The van der Waals surface area contributed by atoms with Crippen molar-refractivity contribution in [3.05, 3.63) is 88.6 Å². The second-order valence-electron chi connectivity index (χ2n) is 8.05. The van der Waals surface area contributed by atoms with Crippen LogP contribution in [0, 0.1) is 13.8 Å². The van der Waals surface area contributed by atoms with Crippen molar-refractivity contribution in [3.63, 3.8) is 0 Å². The van der Waals surface area contributed by atoms with Gasteiger partial charge in [-0.15, -0.1) is 0 Å². The van der Waals surface area contributed by atoms with E-state index in [-0.39, 0.29) is 11.3 Å². The summed E-state index contributed by atoms with van der Waals surface area (Å²) in [7, 11) is 0. The lowest BCUT2D eigenvalue weighted by atomic mass is 9.94. The van der Waals surface area contributed by atoms with Gasteiger partial charge in [0.15, 0.2) is 16.7 Å². The van der Waals surface area contributed by atoms with Crippen LogP contribution in [0.3, 0.4) is 0 Å². The molecule has 1 aliphatic heterocycles. The van der Waals surface area contributed by atoms with Gasteiger partial charge in [0.1, 0.15) is 11.5 Å². The first-order valence-electron chi connectivity index (χ1n) is 10.8. The lowest BCUT2D eigenvalue weighted by Crippen LogP contribution is -2.30. The Morgan fingerprint density at radius 2 is 1.91 bits per heavy atom. The van der Waals surface area contributed by atoms with E-state index < -0.39 is 23.5 Å². The third-order valence-corrected chi connectivity index (χ3v) is 6.69. The number of thiazole rings is 1. The number of hydrogen-bond acceptors (Lipinski definition) is 7. The number of hydrogen-bond donors (Lipinski definition) is 1. The van der Waals surface area contributed by atoms with Crippen molar-refractivity contribution in [2.75, 3.05) is 11.5 Å². The monoisotopic (exact) mass is 474 g/mol. The Hall–Kier alpha value is -3.91. The number of Topliss-reactive ketones (excluding diaryl/α,β-unsaturated/α-hetero) is 1. The van der Waals surface area contributed by atoms with Crippen molar-refractivity contribution < 1.29 is 23.8 Å². The number of ketones is 1. The van der Waals surface area contributed by atoms with Crippen LogP contribution in [0.15, 0.2) is 70.3 Å². The molecule has 1 aliphatic rings. The molecule has 7 nitrogen and oxygen atoms in total. The average molecular weight is 475 g/mol. The summed E-state index contributed by atoms with van der Waals surface area (Å²) < 4.78 is 11.9. The fourth-order valence-corrected chi connectivity index (χ4v) is 5.06. The number of aliphatic hydroxyl groups excluding tert-OH is 1. The number of rotatable bonds is 6. The lowest BCUT2D eigenvalue weighted by Gasteiger charge is -2.24. The molecule has 0 spiro atoms. The van der Waals surface area contributed by atoms with Gasteiger partial charge in [-0.3, -0.25) is 14.5 Å². The van der Waals surface area contributed by atoms with Crippen LogP contribution in [0.4, 0.5) is 5.13 Å². The highest BCUT2D eigenvalue weighted by Crippen LogP contribution is 2.44. The van der Waals surface area contributed by atoms with Gasteiger partial charge >= 0.3 is 0 Å². The molecule has 0 fully saturated rings. The van der Waals surface area contributed by atoms with E-state index in [2.05, 4.69) is 4.98 Å². The van der Waals surface area contributed by atoms with Gasteiger partial charge in [-0.1, -0.05) is 41.2 Å². The molecular formula is C26H22N2O5S. The topological polar surface area (TPSA) is 92.9 Å². The number of benzene rings is 2. The summed E-state index contributed by atoms with van der Waals surface area (Å²) in [6, 6.07) is 15.4. The maximum atomic E-state index is 13.4. The lowest BCUT2D eigenvalue weighted by molar-refractivity contribution is -0.117. The molecule has 172 valence electrons. The van der Waals surface area contributed by atoms with Crippen molar-refractivity contribution in [2.24, 2.45) is 0 Å². The second kappa shape index (κ2) is 8.46. The number of furan rings is 1. The van der Waals surface area contributed by atoms with Crippen molar-refractivity contribution in [2.45, 2.75) is 26.8 Å². The minimum atomic E-state index is -0.849. The normalized spacial score (nSPS) is 16.0. The Morgan fingerprint density at radius 1 is 1.15 bits per heavy atom. The Balaban J connectivity index is 1.64. The van der Waals surface area contributed by atoms with Gasteiger partial charge in [0.2, 0.25) is 5.78 Å². The van der Waals surface area contributed by atoms with Gasteiger partial charge < -0.3 is 14.3 Å². The standard InChI is InChI=1S/C26H22N2O5S/c1-4-32-17-10-11-18-20(13-17)34-26(27-18)28-22(16-8-5-14(2)6-9-16)21(24(30)25(28)31)23(29)19-12-7-15(3)33-19/h5-13,22,30H,4H2,1-3H3/t22-/m0/s1. The third-order valence-electron chi connectivity index (χ3n) is 5.68. The van der Waals surface area contributed by atoms with Crippen LogP contribution in [-0.2, 0) is 4.79 Å². The van der Waals surface area contributed by atoms with Gasteiger partial charge in [-0.25, -0.2) is 4.98 Å². The van der Waals surface area contributed by atoms with E-state index in [0.717, 1.165) is 10.3 Å². The molecule has 0 saturated heterocycles. The van der Waals surface area contributed by atoms with Crippen molar-refractivity contribution in [3.8, 4) is 5.75 Å². The summed E-state index contributed by atoms with van der Waals surface area (Å²) in [6.07, 6.45) is 0. The molecule has 8 heteroatoms. The Kier molecular flexibility index (Phi) is 5.45. The summed E-state index contributed by atoms with van der Waals surface area (Å²) in [5, 5.41) is 11.3. The number of fused-ring (bicyclic) bond motifs is 1. The Morgan fingerprint density at radius 3 is 2.59 bits per heavy atom. The Bertz CT molecular complexity index is 1450. The summed E-state index contributed by atoms with van der Waals surface area (Å²) in [4.78, 5) is 32.8. The Labute approximate surface area is 199 Å². The highest BCUT2D eigenvalue weighted by Gasteiger charge is 2.46. The van der Waals surface area contributed by atoms with Gasteiger partial charge in [0.05, 0.1) is 28.4 Å². The van der Waals surface area contributed by atoms with E-state index in [1.807, 2.05) is 56.3 Å². The van der Waals surface area contributed by atoms with E-state index >= 15 is 0 Å². The van der Waals surface area contributed by atoms with Crippen LogP contribution in [0.2, 0.25) is 0 Å². The van der Waals surface area contributed by atoms with Crippen molar-refractivity contribution in [1.82, 2.24) is 4.98 Å². The maximum absolute atomic E-state index is 13.4. The van der Waals surface area contributed by atoms with Crippen molar-refractivity contribution in [1.29, 1.82) is 0 Å². The van der Waals surface area contributed by atoms with E-state index in [9.17, 15) is 14.7 Å². The molecule has 3 heterocycles. The van der Waals surface area contributed by atoms with Gasteiger partial charge in [0.25, 0.3) is 5.91 Å². The number of amides is 1. The van der Waals surface area contributed by atoms with Crippen LogP contribution in [-0.4, -0.2) is 28.4 Å².